The molecule has 0 saturated heterocycles. The van der Waals surface area contributed by atoms with E-state index in [4.69, 9.17) is 0 Å². The van der Waals surface area contributed by atoms with Gasteiger partial charge in [-0.1, -0.05) is 0 Å². The normalized spacial score (nSPS) is 11.6. The summed E-state index contributed by atoms with van der Waals surface area (Å²) in [4.78, 5) is 3.54. The highest BCUT2D eigenvalue weighted by Gasteiger charge is 2.19. The summed E-state index contributed by atoms with van der Waals surface area (Å²) in [6.07, 6.45) is 4.90. The number of nitrogens with zero attached hydrogens (tertiary/aromatic N) is 1. The smallest absolute Gasteiger partial charge is 0.241 e. The zero-order chi connectivity index (χ0) is 12.7. The van der Waals surface area contributed by atoms with Crippen molar-refractivity contribution in [3.8, 4) is 0 Å². The van der Waals surface area contributed by atoms with E-state index in [-0.39, 0.29) is 0 Å². The van der Waals surface area contributed by atoms with E-state index in [1.54, 1.807) is 11.8 Å². The molecule has 17 heavy (non-hydrogen) atoms. The zero-order valence-corrected chi connectivity index (χ0v) is 11.2. The van der Waals surface area contributed by atoms with Crippen LogP contribution in [0.3, 0.4) is 0 Å². The molecule has 0 aromatic carbocycles. The fraction of sp³-hybridized carbons (Fsp3) is 0.500. The minimum Gasteiger partial charge on any atom is -0.241 e. The van der Waals surface area contributed by atoms with E-state index in [2.05, 4.69) is 9.71 Å². The Hall–Kier alpha value is -0.660. The van der Waals surface area contributed by atoms with Crippen LogP contribution in [0.4, 0.5) is 4.39 Å². The van der Waals surface area contributed by atoms with Crippen molar-refractivity contribution in [1.82, 2.24) is 9.71 Å². The van der Waals surface area contributed by atoms with Crippen molar-refractivity contribution in [2.24, 2.45) is 0 Å². The van der Waals surface area contributed by atoms with Crippen LogP contribution in [0.25, 0.3) is 0 Å². The van der Waals surface area contributed by atoms with Gasteiger partial charge in [-0.25, -0.2) is 22.5 Å². The molecule has 4 nitrogen and oxygen atoms in total. The fourth-order valence-electron chi connectivity index (χ4n) is 1.22. The SMILES string of the molecule is CSCCCCNS(=O)(=O)c1ncccc1F. The van der Waals surface area contributed by atoms with Gasteiger partial charge in [-0.3, -0.25) is 0 Å². The lowest BCUT2D eigenvalue weighted by atomic mass is 10.3. The largest absolute Gasteiger partial charge is 0.261 e. The third-order valence-electron chi connectivity index (χ3n) is 2.05. The maximum Gasteiger partial charge on any atom is 0.261 e. The summed E-state index contributed by atoms with van der Waals surface area (Å²) >= 11 is 1.71. The van der Waals surface area contributed by atoms with Gasteiger partial charge in [0, 0.05) is 12.7 Å². The Morgan fingerprint density at radius 1 is 1.47 bits per heavy atom. The van der Waals surface area contributed by atoms with Gasteiger partial charge >= 0.3 is 0 Å². The maximum atomic E-state index is 13.2. The van der Waals surface area contributed by atoms with Crippen molar-refractivity contribution >= 4 is 21.8 Å². The standard InChI is InChI=1S/C10H15FN2O2S2/c1-16-8-3-2-7-13-17(14,15)10-9(11)5-4-6-12-10/h4-6,13H,2-3,7-8H2,1H3. The number of thioether (sulfide) groups is 1. The molecule has 1 aromatic heterocycles. The maximum absolute atomic E-state index is 13.2. The molecule has 0 amide bonds. The predicted octanol–water partition coefficient (Wildman–Crippen LogP) is 1.64. The molecule has 0 fully saturated rings. The first kappa shape index (κ1) is 14.4. The number of sulfonamides is 1. The zero-order valence-electron chi connectivity index (χ0n) is 9.52. The highest BCUT2D eigenvalue weighted by Crippen LogP contribution is 2.09. The van der Waals surface area contributed by atoms with E-state index in [1.165, 1.54) is 12.3 Å². The van der Waals surface area contributed by atoms with E-state index in [0.717, 1.165) is 24.7 Å². The predicted molar refractivity (Wildman–Crippen MR) is 67.0 cm³/mol. The molecule has 0 unspecified atom stereocenters. The number of nitrogens with one attached hydrogen (secondary N) is 1. The van der Waals surface area contributed by atoms with Crippen molar-refractivity contribution in [3.63, 3.8) is 0 Å². The fourth-order valence-corrected chi connectivity index (χ4v) is 2.78. The van der Waals surface area contributed by atoms with Crippen LogP contribution in [0.5, 0.6) is 0 Å². The first-order chi connectivity index (χ1) is 8.08. The molecule has 96 valence electrons. The van der Waals surface area contributed by atoms with Crippen molar-refractivity contribution < 1.29 is 12.8 Å². The molecule has 7 heteroatoms. The van der Waals surface area contributed by atoms with Crippen LogP contribution >= 0.6 is 11.8 Å². The molecule has 0 atom stereocenters. The van der Waals surface area contributed by atoms with Gasteiger partial charge in [0.05, 0.1) is 0 Å². The molecular weight excluding hydrogens is 263 g/mol. The Kier molecular flexibility index (Phi) is 5.87. The third-order valence-corrected chi connectivity index (χ3v) is 4.14. The molecule has 0 saturated carbocycles. The lowest BCUT2D eigenvalue weighted by Gasteiger charge is -2.06. The summed E-state index contributed by atoms with van der Waals surface area (Å²) in [5, 5.41) is -0.537. The van der Waals surface area contributed by atoms with Gasteiger partial charge in [0.15, 0.2) is 5.82 Å². The van der Waals surface area contributed by atoms with E-state index >= 15 is 0 Å². The Morgan fingerprint density at radius 2 is 2.24 bits per heavy atom. The molecule has 1 N–H and O–H groups in total. The molecule has 0 bridgehead atoms. The van der Waals surface area contributed by atoms with E-state index in [1.807, 2.05) is 6.26 Å². The topological polar surface area (TPSA) is 59.1 Å². The second-order valence-electron chi connectivity index (χ2n) is 3.39. The van der Waals surface area contributed by atoms with Gasteiger partial charge in [-0.2, -0.15) is 11.8 Å². The van der Waals surface area contributed by atoms with Gasteiger partial charge in [-0.05, 0) is 37.0 Å². The number of rotatable bonds is 7. The Bertz CT molecular complexity index is 451. The van der Waals surface area contributed by atoms with Crippen LogP contribution in [-0.2, 0) is 10.0 Å². The van der Waals surface area contributed by atoms with Gasteiger partial charge < -0.3 is 0 Å². The molecule has 0 aliphatic rings. The molecule has 1 rings (SSSR count). The molecule has 1 aromatic rings. The quantitative estimate of drug-likeness (QED) is 0.770. The number of hydrogen-bond donors (Lipinski definition) is 1. The lowest BCUT2D eigenvalue weighted by molar-refractivity contribution is 0.543. The van der Waals surface area contributed by atoms with Gasteiger partial charge in [-0.15, -0.1) is 0 Å². The first-order valence-corrected chi connectivity index (χ1v) is 8.05. The summed E-state index contributed by atoms with van der Waals surface area (Å²) in [6.45, 7) is 0.304. The molecule has 0 radical (unpaired) electrons. The highest BCUT2D eigenvalue weighted by atomic mass is 32.2. The first-order valence-electron chi connectivity index (χ1n) is 5.17. The van der Waals surface area contributed by atoms with Crippen LogP contribution in [0.1, 0.15) is 12.8 Å². The number of hydrogen-bond acceptors (Lipinski definition) is 4. The van der Waals surface area contributed by atoms with Gasteiger partial charge in [0.25, 0.3) is 10.0 Å². The Labute approximate surface area is 105 Å². The summed E-state index contributed by atoms with van der Waals surface area (Å²) in [7, 11) is -3.82. The Morgan fingerprint density at radius 3 is 2.88 bits per heavy atom. The Balaban J connectivity index is 2.55. The lowest BCUT2D eigenvalue weighted by Crippen LogP contribution is -2.26. The summed E-state index contributed by atoms with van der Waals surface area (Å²) in [5.74, 6) is 0.156. The minimum absolute atomic E-state index is 0.304. The van der Waals surface area contributed by atoms with E-state index < -0.39 is 20.9 Å². The molecule has 0 aliphatic heterocycles. The molecular formula is C10H15FN2O2S2. The third kappa shape index (κ3) is 4.61. The van der Waals surface area contributed by atoms with Crippen molar-refractivity contribution in [3.05, 3.63) is 24.1 Å². The average Bonchev–Trinajstić information content (AvgIpc) is 2.29. The molecule has 0 aliphatic carbocycles. The van der Waals surface area contributed by atoms with Gasteiger partial charge in [0.2, 0.25) is 5.03 Å². The van der Waals surface area contributed by atoms with Crippen molar-refractivity contribution in [2.45, 2.75) is 17.9 Å². The monoisotopic (exact) mass is 278 g/mol. The molecule has 0 spiro atoms. The minimum atomic E-state index is -3.82. The second kappa shape index (κ2) is 6.93. The highest BCUT2D eigenvalue weighted by molar-refractivity contribution is 7.98. The summed E-state index contributed by atoms with van der Waals surface area (Å²) in [5.41, 5.74) is 0. The van der Waals surface area contributed by atoms with Crippen molar-refractivity contribution in [1.29, 1.82) is 0 Å². The summed E-state index contributed by atoms with van der Waals surface area (Å²) < 4.78 is 38.9. The van der Waals surface area contributed by atoms with E-state index in [0.29, 0.717) is 6.54 Å². The van der Waals surface area contributed by atoms with Gasteiger partial charge in [0.1, 0.15) is 0 Å². The number of pyridine rings is 1. The molecule has 1 heterocycles. The van der Waals surface area contributed by atoms with Crippen LogP contribution in [-0.4, -0.2) is 32.0 Å². The van der Waals surface area contributed by atoms with E-state index in [9.17, 15) is 12.8 Å². The van der Waals surface area contributed by atoms with Crippen molar-refractivity contribution in [2.75, 3.05) is 18.6 Å². The second-order valence-corrected chi connectivity index (χ2v) is 6.06. The number of unbranched alkanes of at least 4 members (excludes halogenated alkanes) is 1. The van der Waals surface area contributed by atoms with Crippen LogP contribution in [0, 0.1) is 5.82 Å². The van der Waals surface area contributed by atoms with Crippen LogP contribution in [0.2, 0.25) is 0 Å². The van der Waals surface area contributed by atoms with Crippen LogP contribution < -0.4 is 4.72 Å². The number of halogens is 1. The summed E-state index contributed by atoms with van der Waals surface area (Å²) in [6, 6.07) is 2.43. The number of aromatic nitrogens is 1. The average molecular weight is 278 g/mol. The van der Waals surface area contributed by atoms with Crippen LogP contribution in [0.15, 0.2) is 23.4 Å².